The van der Waals surface area contributed by atoms with Crippen LogP contribution in [0.5, 0.6) is 5.88 Å². The van der Waals surface area contributed by atoms with Gasteiger partial charge in [-0.2, -0.15) is 4.98 Å². The van der Waals surface area contributed by atoms with Gasteiger partial charge >= 0.3 is 6.09 Å². The number of aromatic nitrogens is 2. The number of rotatable bonds is 12. The van der Waals surface area contributed by atoms with Gasteiger partial charge in [-0.25, -0.2) is 22.9 Å². The second-order valence-corrected chi connectivity index (χ2v) is 15.2. The number of hydrogen-bond donors (Lipinski definition) is 2. The Hall–Kier alpha value is -4.03. The molecule has 0 aliphatic heterocycles. The molecule has 2 aromatic carbocycles. The number of aldehydes is 1. The third kappa shape index (κ3) is 9.74. The molecule has 1 aliphatic rings. The van der Waals surface area contributed by atoms with Crippen molar-refractivity contribution in [3.05, 3.63) is 65.2 Å². The number of carbonyl (C=O) groups is 2. The summed E-state index contributed by atoms with van der Waals surface area (Å²) in [4.78, 5) is 34.4. The van der Waals surface area contributed by atoms with Crippen molar-refractivity contribution in [2.75, 3.05) is 25.5 Å². The minimum absolute atomic E-state index is 0.0118. The number of hydrogen-bond acceptors (Lipinski definition) is 9. The minimum atomic E-state index is -4.11. The SMILES string of the molecule is COC(=O)N[C@H]1CC[C@@H](N(C)[C@@H](COc2cc(-c3c(C)cccc3C)nc(NS(=O)(=O)c3cccc(C=O)c3)n2)CC(C)(C)C)CC1. The molecular weight excluding hydrogens is 618 g/mol. The van der Waals surface area contributed by atoms with Crippen molar-refractivity contribution in [2.45, 2.75) is 89.7 Å². The maximum Gasteiger partial charge on any atom is 0.407 e. The Kier molecular flexibility index (Phi) is 11.6. The van der Waals surface area contributed by atoms with Gasteiger partial charge in [0.05, 0.1) is 17.7 Å². The van der Waals surface area contributed by atoms with Crippen LogP contribution in [0.2, 0.25) is 0 Å². The normalized spacial score (nSPS) is 17.5. The molecule has 0 unspecified atom stereocenters. The van der Waals surface area contributed by atoms with Crippen molar-refractivity contribution in [1.29, 1.82) is 0 Å². The summed E-state index contributed by atoms with van der Waals surface area (Å²) < 4.78 is 40.4. The molecule has 2 N–H and O–H groups in total. The molecule has 1 amide bonds. The molecule has 1 heterocycles. The summed E-state index contributed by atoms with van der Waals surface area (Å²) in [5, 5.41) is 2.92. The van der Waals surface area contributed by atoms with Gasteiger partial charge in [0.25, 0.3) is 10.0 Å². The van der Waals surface area contributed by atoms with Crippen LogP contribution in [0, 0.1) is 19.3 Å². The first-order chi connectivity index (χ1) is 22.2. The summed E-state index contributed by atoms with van der Waals surface area (Å²) in [7, 11) is -0.617. The molecule has 11 nitrogen and oxygen atoms in total. The maximum absolute atomic E-state index is 13.4. The van der Waals surface area contributed by atoms with Gasteiger partial charge in [0.15, 0.2) is 0 Å². The third-order valence-electron chi connectivity index (χ3n) is 8.60. The van der Waals surface area contributed by atoms with E-state index in [0.29, 0.717) is 24.6 Å². The Morgan fingerprint density at radius 3 is 2.32 bits per heavy atom. The highest BCUT2D eigenvalue weighted by Crippen LogP contribution is 2.32. The number of ether oxygens (including phenoxy) is 2. The summed E-state index contributed by atoms with van der Waals surface area (Å²) in [6.07, 6.45) is 4.61. The standard InChI is InChI=1S/C35H47N5O6S/c1-23-10-8-11-24(2)32(23)30-19-31(38-33(37-30)39-47(43,44)29-13-9-12-25(18-29)21-41)46-22-28(20-35(3,4)5)40(6)27-16-14-26(15-17-27)36-34(42)45-7/h8-13,18-19,21,26-28H,14-17,20,22H2,1-7H3,(H,36,42)(H,37,38,39)/t26-,27+,28-/m1/s1. The Morgan fingerprint density at radius 1 is 1.04 bits per heavy atom. The quantitative estimate of drug-likeness (QED) is 0.218. The topological polar surface area (TPSA) is 140 Å². The lowest BCUT2D eigenvalue weighted by Crippen LogP contribution is -2.48. The van der Waals surface area contributed by atoms with Crippen molar-refractivity contribution >= 4 is 28.4 Å². The molecule has 4 rings (SSSR count). The summed E-state index contributed by atoms with van der Waals surface area (Å²) in [5.41, 5.74) is 3.60. The average molecular weight is 666 g/mol. The van der Waals surface area contributed by atoms with E-state index in [2.05, 4.69) is 52.7 Å². The number of alkyl carbamates (subject to hydrolysis) is 1. The van der Waals surface area contributed by atoms with Gasteiger partial charge in [0.1, 0.15) is 12.9 Å². The Morgan fingerprint density at radius 2 is 1.70 bits per heavy atom. The molecule has 1 aliphatic carbocycles. The molecular formula is C35H47N5O6S. The Bertz CT molecular complexity index is 1640. The van der Waals surface area contributed by atoms with Gasteiger partial charge in [0, 0.05) is 35.3 Å². The fourth-order valence-electron chi connectivity index (χ4n) is 6.19. The van der Waals surface area contributed by atoms with Gasteiger partial charge in [0.2, 0.25) is 11.8 Å². The van der Waals surface area contributed by atoms with Crippen molar-refractivity contribution < 1.29 is 27.5 Å². The number of nitrogens with zero attached hydrogens (tertiary/aromatic N) is 3. The van der Waals surface area contributed by atoms with E-state index in [4.69, 9.17) is 9.47 Å². The van der Waals surface area contributed by atoms with E-state index in [1.165, 1.54) is 31.4 Å². The predicted molar refractivity (Wildman–Crippen MR) is 182 cm³/mol. The van der Waals surface area contributed by atoms with E-state index in [9.17, 15) is 18.0 Å². The number of nitrogens with one attached hydrogen (secondary N) is 2. The highest BCUT2D eigenvalue weighted by atomic mass is 32.2. The van der Waals surface area contributed by atoms with Crippen LogP contribution >= 0.6 is 0 Å². The minimum Gasteiger partial charge on any atom is -0.476 e. The molecule has 1 saturated carbocycles. The molecule has 0 bridgehead atoms. The maximum atomic E-state index is 13.4. The number of amides is 1. The summed E-state index contributed by atoms with van der Waals surface area (Å²) in [6.45, 7) is 10.9. The lowest BCUT2D eigenvalue weighted by atomic mass is 9.85. The van der Waals surface area contributed by atoms with Crippen LogP contribution in [0.3, 0.4) is 0 Å². The van der Waals surface area contributed by atoms with Crippen molar-refractivity contribution in [1.82, 2.24) is 20.2 Å². The fourth-order valence-corrected chi connectivity index (χ4v) is 7.18. The number of aryl methyl sites for hydroxylation is 2. The lowest BCUT2D eigenvalue weighted by molar-refractivity contribution is 0.0651. The third-order valence-corrected chi connectivity index (χ3v) is 9.92. The van der Waals surface area contributed by atoms with Crippen LogP contribution in [0.1, 0.15) is 74.4 Å². The van der Waals surface area contributed by atoms with Crippen molar-refractivity contribution in [3.63, 3.8) is 0 Å². The molecule has 3 aromatic rings. The van der Waals surface area contributed by atoms with Crippen molar-refractivity contribution in [3.8, 4) is 17.1 Å². The summed E-state index contributed by atoms with van der Waals surface area (Å²) >= 11 is 0. The number of anilines is 1. The Balaban J connectivity index is 1.62. The lowest BCUT2D eigenvalue weighted by Gasteiger charge is -2.41. The molecule has 254 valence electrons. The number of carbonyl (C=O) groups excluding carboxylic acids is 2. The average Bonchev–Trinajstić information content (AvgIpc) is 3.02. The fraction of sp³-hybridized carbons (Fsp3) is 0.486. The van der Waals surface area contributed by atoms with Crippen LogP contribution in [-0.2, 0) is 14.8 Å². The van der Waals surface area contributed by atoms with Gasteiger partial charge in [-0.1, -0.05) is 51.1 Å². The van der Waals surface area contributed by atoms with Crippen LogP contribution in [0.4, 0.5) is 10.7 Å². The highest BCUT2D eigenvalue weighted by molar-refractivity contribution is 7.92. The number of likely N-dealkylation sites (N-methyl/N-ethyl adjacent to an activating group) is 1. The van der Waals surface area contributed by atoms with Crippen LogP contribution < -0.4 is 14.8 Å². The summed E-state index contributed by atoms with van der Waals surface area (Å²) in [6, 6.07) is 13.9. The summed E-state index contributed by atoms with van der Waals surface area (Å²) in [5.74, 6) is 0.115. The van der Waals surface area contributed by atoms with E-state index < -0.39 is 16.1 Å². The van der Waals surface area contributed by atoms with Crippen LogP contribution in [-0.4, -0.2) is 74.6 Å². The zero-order chi connectivity index (χ0) is 34.4. The van der Waals surface area contributed by atoms with Crippen LogP contribution in [0.15, 0.2) is 53.4 Å². The van der Waals surface area contributed by atoms with E-state index in [1.54, 1.807) is 6.07 Å². The first-order valence-electron chi connectivity index (χ1n) is 15.9. The molecule has 1 atom stereocenters. The second-order valence-electron chi connectivity index (χ2n) is 13.5. The smallest absolute Gasteiger partial charge is 0.407 e. The first-order valence-corrected chi connectivity index (χ1v) is 17.4. The number of sulfonamides is 1. The van der Waals surface area contributed by atoms with Crippen molar-refractivity contribution in [2.24, 2.45) is 5.41 Å². The van der Waals surface area contributed by atoms with Gasteiger partial charge < -0.3 is 14.8 Å². The Labute approximate surface area is 278 Å². The van der Waals surface area contributed by atoms with Gasteiger partial charge in [-0.05, 0) is 81.7 Å². The molecule has 0 spiro atoms. The highest BCUT2D eigenvalue weighted by Gasteiger charge is 2.31. The largest absolute Gasteiger partial charge is 0.476 e. The van der Waals surface area contributed by atoms with E-state index in [1.807, 2.05) is 32.0 Å². The van der Waals surface area contributed by atoms with Gasteiger partial charge in [-0.15, -0.1) is 0 Å². The van der Waals surface area contributed by atoms with Crippen LogP contribution in [0.25, 0.3) is 11.3 Å². The number of benzene rings is 2. The molecule has 47 heavy (non-hydrogen) atoms. The monoisotopic (exact) mass is 665 g/mol. The molecule has 0 saturated heterocycles. The molecule has 0 radical (unpaired) electrons. The number of methoxy groups -OCH3 is 1. The first kappa shape index (κ1) is 35.8. The molecule has 12 heteroatoms. The second kappa shape index (κ2) is 15.2. The predicted octanol–water partition coefficient (Wildman–Crippen LogP) is 6.16. The molecule has 1 fully saturated rings. The van der Waals surface area contributed by atoms with E-state index >= 15 is 0 Å². The zero-order valence-electron chi connectivity index (χ0n) is 28.4. The zero-order valence-corrected chi connectivity index (χ0v) is 29.2. The van der Waals surface area contributed by atoms with E-state index in [0.717, 1.165) is 48.8 Å². The van der Waals surface area contributed by atoms with E-state index in [-0.39, 0.29) is 39.8 Å². The van der Waals surface area contributed by atoms with Gasteiger partial charge in [-0.3, -0.25) is 9.69 Å². The molecule has 1 aromatic heterocycles.